The lowest BCUT2D eigenvalue weighted by Crippen LogP contribution is -2.00. The molecular formula is C51H30N4OS. The minimum Gasteiger partial charge on any atom is -0.455 e. The summed E-state index contributed by atoms with van der Waals surface area (Å²) in [6, 6.07) is 63.9. The molecule has 0 saturated heterocycles. The van der Waals surface area contributed by atoms with E-state index < -0.39 is 0 Å². The Morgan fingerprint density at radius 3 is 1.68 bits per heavy atom. The number of para-hydroxylation sites is 3. The molecule has 266 valence electrons. The number of benzene rings is 8. The first-order chi connectivity index (χ1) is 28.2. The summed E-state index contributed by atoms with van der Waals surface area (Å²) in [4.78, 5) is 14.9. The SMILES string of the molecule is c1ccc(-c2nc(-c3ccccc3)nc(-c3cccc4c3oc3ccc(-c5ccc6sc7cccc(-n8c9ccccc9c9ccccc98)c7c6c5)cc34)n2)cc1. The van der Waals surface area contributed by atoms with Crippen LogP contribution in [-0.2, 0) is 0 Å². The summed E-state index contributed by atoms with van der Waals surface area (Å²) in [5.74, 6) is 1.81. The smallest absolute Gasteiger partial charge is 0.167 e. The summed E-state index contributed by atoms with van der Waals surface area (Å²) in [5.41, 5.74) is 10.2. The Bertz CT molecular complexity index is 3420. The van der Waals surface area contributed by atoms with Crippen molar-refractivity contribution < 1.29 is 4.42 Å². The van der Waals surface area contributed by atoms with Gasteiger partial charge in [-0.15, -0.1) is 11.3 Å². The zero-order valence-electron chi connectivity index (χ0n) is 30.4. The second-order valence-electron chi connectivity index (χ2n) is 14.4. The van der Waals surface area contributed by atoms with Crippen LogP contribution in [0.15, 0.2) is 186 Å². The van der Waals surface area contributed by atoms with Crippen LogP contribution in [0.5, 0.6) is 0 Å². The van der Waals surface area contributed by atoms with E-state index in [1.807, 2.05) is 78.1 Å². The topological polar surface area (TPSA) is 56.7 Å². The maximum absolute atomic E-state index is 6.66. The molecule has 0 spiro atoms. The molecule has 0 aliphatic heterocycles. The highest BCUT2D eigenvalue weighted by Crippen LogP contribution is 2.43. The number of aromatic nitrogens is 4. The molecule has 0 amide bonds. The second-order valence-corrected chi connectivity index (χ2v) is 15.5. The predicted molar refractivity (Wildman–Crippen MR) is 236 cm³/mol. The summed E-state index contributed by atoms with van der Waals surface area (Å²) in [7, 11) is 0. The average Bonchev–Trinajstić information content (AvgIpc) is 3.96. The molecule has 6 heteroatoms. The molecule has 0 atom stereocenters. The highest BCUT2D eigenvalue weighted by molar-refractivity contribution is 7.25. The van der Waals surface area contributed by atoms with Gasteiger partial charge in [-0.25, -0.2) is 15.0 Å². The van der Waals surface area contributed by atoms with Crippen molar-refractivity contribution in [2.45, 2.75) is 0 Å². The Morgan fingerprint density at radius 2 is 0.982 bits per heavy atom. The Kier molecular flexibility index (Phi) is 7.03. The van der Waals surface area contributed by atoms with Crippen LogP contribution in [0.3, 0.4) is 0 Å². The third kappa shape index (κ3) is 5.04. The first-order valence-corrected chi connectivity index (χ1v) is 19.8. The van der Waals surface area contributed by atoms with Gasteiger partial charge in [-0.05, 0) is 65.7 Å². The zero-order chi connectivity index (χ0) is 37.5. The molecule has 0 saturated carbocycles. The molecule has 57 heavy (non-hydrogen) atoms. The maximum atomic E-state index is 6.66. The molecule has 0 aliphatic carbocycles. The highest BCUT2D eigenvalue weighted by Gasteiger charge is 2.20. The van der Waals surface area contributed by atoms with Crippen molar-refractivity contribution in [3.05, 3.63) is 182 Å². The van der Waals surface area contributed by atoms with Crippen LogP contribution in [-0.4, -0.2) is 19.5 Å². The van der Waals surface area contributed by atoms with Crippen molar-refractivity contribution in [1.82, 2.24) is 19.5 Å². The van der Waals surface area contributed by atoms with E-state index in [2.05, 4.69) is 120 Å². The fraction of sp³-hybridized carbons (Fsp3) is 0. The summed E-state index contributed by atoms with van der Waals surface area (Å²) in [5, 5.41) is 7.11. The normalized spacial score (nSPS) is 11.9. The lowest BCUT2D eigenvalue weighted by atomic mass is 10.00. The Balaban J connectivity index is 1.01. The molecule has 5 nitrogen and oxygen atoms in total. The Hall–Kier alpha value is -7.41. The van der Waals surface area contributed by atoms with Gasteiger partial charge >= 0.3 is 0 Å². The standard InChI is InChI=1S/C51H30N4OS/c1-3-13-31(14-4-1)49-52-50(32-15-5-2-6-16-32)54-51(53-49)38-20-11-19-37-39-29-33(25-27-44(39)56-48(37)38)34-26-28-45-40(30-34)47-43(23-12-24-46(47)57-45)55-41-21-9-7-17-35(41)36-18-8-10-22-42(36)55/h1-30H. The molecule has 0 aliphatic rings. The third-order valence-electron chi connectivity index (χ3n) is 11.1. The lowest BCUT2D eigenvalue weighted by molar-refractivity contribution is 0.669. The van der Waals surface area contributed by atoms with Crippen molar-refractivity contribution in [3.8, 4) is 51.0 Å². The molecular weight excluding hydrogens is 717 g/mol. The zero-order valence-corrected chi connectivity index (χ0v) is 31.2. The van der Waals surface area contributed by atoms with Crippen molar-refractivity contribution in [1.29, 1.82) is 0 Å². The van der Waals surface area contributed by atoms with Crippen molar-refractivity contribution in [3.63, 3.8) is 0 Å². The summed E-state index contributed by atoms with van der Waals surface area (Å²) >= 11 is 1.85. The molecule has 12 aromatic rings. The van der Waals surface area contributed by atoms with E-state index in [0.717, 1.165) is 49.8 Å². The molecule has 8 aromatic carbocycles. The van der Waals surface area contributed by atoms with Gasteiger partial charge in [-0.2, -0.15) is 0 Å². The van der Waals surface area contributed by atoms with E-state index in [-0.39, 0.29) is 0 Å². The summed E-state index contributed by atoms with van der Waals surface area (Å²) in [6.45, 7) is 0. The Labute approximate surface area is 330 Å². The van der Waals surface area contributed by atoms with E-state index in [9.17, 15) is 0 Å². The number of thiophene rings is 1. The van der Waals surface area contributed by atoms with Gasteiger partial charge in [-0.3, -0.25) is 0 Å². The molecule has 0 unspecified atom stereocenters. The lowest BCUT2D eigenvalue weighted by Gasteiger charge is -2.10. The predicted octanol–water partition coefficient (Wildman–Crippen LogP) is 13.9. The van der Waals surface area contributed by atoms with Crippen LogP contribution in [0.1, 0.15) is 0 Å². The number of rotatable bonds is 5. The van der Waals surface area contributed by atoms with E-state index in [4.69, 9.17) is 19.4 Å². The summed E-state index contributed by atoms with van der Waals surface area (Å²) in [6.07, 6.45) is 0. The first kappa shape index (κ1) is 31.9. The van der Waals surface area contributed by atoms with E-state index in [1.54, 1.807) is 0 Å². The van der Waals surface area contributed by atoms with Crippen molar-refractivity contribution in [2.24, 2.45) is 0 Å². The van der Waals surface area contributed by atoms with Gasteiger partial charge in [0.25, 0.3) is 0 Å². The average molecular weight is 747 g/mol. The van der Waals surface area contributed by atoms with Crippen LogP contribution in [0.2, 0.25) is 0 Å². The quantitative estimate of drug-likeness (QED) is 0.176. The molecule has 0 bridgehead atoms. The van der Waals surface area contributed by atoms with Gasteiger partial charge in [0.15, 0.2) is 17.5 Å². The molecule has 0 radical (unpaired) electrons. The van der Waals surface area contributed by atoms with Crippen LogP contribution in [0.4, 0.5) is 0 Å². The molecule has 0 N–H and O–H groups in total. The summed E-state index contributed by atoms with van der Waals surface area (Å²) < 4.78 is 11.6. The third-order valence-corrected chi connectivity index (χ3v) is 12.2. The highest BCUT2D eigenvalue weighted by atomic mass is 32.1. The minimum absolute atomic E-state index is 0.571. The van der Waals surface area contributed by atoms with Gasteiger partial charge in [0.2, 0.25) is 0 Å². The van der Waals surface area contributed by atoms with E-state index >= 15 is 0 Å². The fourth-order valence-electron chi connectivity index (χ4n) is 8.44. The Morgan fingerprint density at radius 1 is 0.404 bits per heavy atom. The number of fused-ring (bicyclic) bond motifs is 9. The van der Waals surface area contributed by atoms with Gasteiger partial charge in [0, 0.05) is 52.8 Å². The number of hydrogen-bond acceptors (Lipinski definition) is 5. The minimum atomic E-state index is 0.571. The van der Waals surface area contributed by atoms with Gasteiger partial charge in [0.05, 0.1) is 22.3 Å². The monoisotopic (exact) mass is 746 g/mol. The van der Waals surface area contributed by atoms with Gasteiger partial charge in [-0.1, -0.05) is 127 Å². The number of furan rings is 1. The van der Waals surface area contributed by atoms with Crippen LogP contribution in [0, 0.1) is 0 Å². The first-order valence-electron chi connectivity index (χ1n) is 19.0. The second kappa shape index (κ2) is 12.6. The number of hydrogen-bond donors (Lipinski definition) is 0. The largest absolute Gasteiger partial charge is 0.455 e. The van der Waals surface area contributed by atoms with E-state index in [1.165, 1.54) is 47.7 Å². The molecule has 0 fully saturated rings. The van der Waals surface area contributed by atoms with Crippen molar-refractivity contribution >= 4 is 75.3 Å². The molecule has 4 aromatic heterocycles. The fourth-order valence-corrected chi connectivity index (χ4v) is 9.55. The van der Waals surface area contributed by atoms with Crippen LogP contribution in [0.25, 0.3) is 115 Å². The van der Waals surface area contributed by atoms with Crippen LogP contribution < -0.4 is 0 Å². The maximum Gasteiger partial charge on any atom is 0.167 e. The molecule has 12 rings (SSSR count). The van der Waals surface area contributed by atoms with Crippen molar-refractivity contribution in [2.75, 3.05) is 0 Å². The van der Waals surface area contributed by atoms with E-state index in [0.29, 0.717) is 17.5 Å². The van der Waals surface area contributed by atoms with Gasteiger partial charge < -0.3 is 8.98 Å². The molecule has 4 heterocycles. The number of nitrogens with zero attached hydrogens (tertiary/aromatic N) is 4. The van der Waals surface area contributed by atoms with Crippen LogP contribution >= 0.6 is 11.3 Å². The van der Waals surface area contributed by atoms with Gasteiger partial charge in [0.1, 0.15) is 11.2 Å².